The summed E-state index contributed by atoms with van der Waals surface area (Å²) < 4.78 is 6.24. The monoisotopic (exact) mass is 327 g/mol. The average Bonchev–Trinajstić information content (AvgIpc) is 2.88. The van der Waals surface area contributed by atoms with Gasteiger partial charge in [-0.1, -0.05) is 29.5 Å². The van der Waals surface area contributed by atoms with Crippen LogP contribution in [-0.2, 0) is 4.74 Å². The molecule has 5 nitrogen and oxygen atoms in total. The maximum Gasteiger partial charge on any atom is 0.413 e. The summed E-state index contributed by atoms with van der Waals surface area (Å²) >= 11 is 1.41. The molecule has 2 aromatic heterocycles. The molecule has 0 fully saturated rings. The smallest absolute Gasteiger partial charge is 0.413 e. The van der Waals surface area contributed by atoms with E-state index in [1.165, 1.54) is 11.3 Å². The molecule has 1 amide bonds. The number of amides is 1. The van der Waals surface area contributed by atoms with E-state index in [1.54, 1.807) is 6.20 Å². The van der Waals surface area contributed by atoms with Crippen molar-refractivity contribution in [2.45, 2.75) is 26.4 Å². The number of fused-ring (bicyclic) bond motifs is 1. The van der Waals surface area contributed by atoms with Gasteiger partial charge in [-0.3, -0.25) is 10.3 Å². The Bertz CT molecular complexity index is 838. The Kier molecular flexibility index (Phi) is 4.00. The molecule has 0 bridgehead atoms. The van der Waals surface area contributed by atoms with Crippen molar-refractivity contribution in [3.63, 3.8) is 0 Å². The van der Waals surface area contributed by atoms with Crippen molar-refractivity contribution in [1.29, 1.82) is 0 Å². The van der Waals surface area contributed by atoms with E-state index in [1.807, 2.05) is 57.2 Å². The van der Waals surface area contributed by atoms with Gasteiger partial charge in [0.2, 0.25) is 0 Å². The van der Waals surface area contributed by atoms with Crippen molar-refractivity contribution in [3.05, 3.63) is 42.6 Å². The number of ether oxygens (including phenoxy) is 1. The van der Waals surface area contributed by atoms with E-state index in [4.69, 9.17) is 4.74 Å². The van der Waals surface area contributed by atoms with Crippen LogP contribution in [-0.4, -0.2) is 21.7 Å². The number of nitrogens with zero attached hydrogens (tertiary/aromatic N) is 2. The van der Waals surface area contributed by atoms with Crippen molar-refractivity contribution in [2.24, 2.45) is 0 Å². The minimum absolute atomic E-state index is 0.504. The summed E-state index contributed by atoms with van der Waals surface area (Å²) in [5.74, 6) is 0. The predicted molar refractivity (Wildman–Crippen MR) is 92.7 cm³/mol. The first-order valence-electron chi connectivity index (χ1n) is 7.23. The molecule has 118 valence electrons. The minimum Gasteiger partial charge on any atom is -0.444 e. The van der Waals surface area contributed by atoms with Crippen molar-refractivity contribution in [3.8, 4) is 11.3 Å². The van der Waals surface area contributed by atoms with Crippen LogP contribution in [0.4, 0.5) is 9.93 Å². The van der Waals surface area contributed by atoms with Crippen molar-refractivity contribution in [2.75, 3.05) is 5.32 Å². The van der Waals surface area contributed by atoms with Crippen molar-refractivity contribution < 1.29 is 9.53 Å². The first-order chi connectivity index (χ1) is 10.9. The highest BCUT2D eigenvalue weighted by Crippen LogP contribution is 2.34. The molecule has 1 aromatic carbocycles. The number of hydrogen-bond acceptors (Lipinski definition) is 5. The van der Waals surface area contributed by atoms with E-state index >= 15 is 0 Å². The second-order valence-corrected chi connectivity index (χ2v) is 7.01. The van der Waals surface area contributed by atoms with Gasteiger partial charge in [-0.25, -0.2) is 9.78 Å². The number of carbonyl (C=O) groups excluding carboxylic acids is 1. The number of thiazole rings is 1. The largest absolute Gasteiger partial charge is 0.444 e. The summed E-state index contributed by atoms with van der Waals surface area (Å²) in [5, 5.41) is 3.20. The zero-order valence-corrected chi connectivity index (χ0v) is 14.0. The molecule has 0 atom stereocenters. The Hall–Kier alpha value is -2.47. The van der Waals surface area contributed by atoms with E-state index in [2.05, 4.69) is 15.3 Å². The maximum absolute atomic E-state index is 11.9. The second-order valence-electron chi connectivity index (χ2n) is 6.01. The Morgan fingerprint density at radius 2 is 2.00 bits per heavy atom. The van der Waals surface area contributed by atoms with Gasteiger partial charge in [-0.2, -0.15) is 0 Å². The highest BCUT2D eigenvalue weighted by Gasteiger charge is 2.18. The molecule has 0 radical (unpaired) electrons. The maximum atomic E-state index is 11.9. The number of rotatable bonds is 2. The Morgan fingerprint density at radius 3 is 2.70 bits per heavy atom. The number of anilines is 1. The van der Waals surface area contributed by atoms with Gasteiger partial charge in [0.05, 0.1) is 15.9 Å². The molecule has 0 spiro atoms. The molecule has 3 rings (SSSR count). The van der Waals surface area contributed by atoms with E-state index < -0.39 is 11.7 Å². The molecular weight excluding hydrogens is 310 g/mol. The molecule has 6 heteroatoms. The van der Waals surface area contributed by atoms with Crippen LogP contribution in [0.15, 0.2) is 42.6 Å². The molecule has 3 aromatic rings. The third-order valence-electron chi connectivity index (χ3n) is 2.96. The fourth-order valence-electron chi connectivity index (χ4n) is 2.12. The summed E-state index contributed by atoms with van der Waals surface area (Å²) in [6, 6.07) is 11.6. The molecule has 2 heterocycles. The number of aromatic nitrogens is 2. The number of hydrogen-bond donors (Lipinski definition) is 1. The van der Waals surface area contributed by atoms with Crippen LogP contribution >= 0.6 is 11.3 Å². The number of benzene rings is 1. The van der Waals surface area contributed by atoms with Crippen LogP contribution < -0.4 is 5.32 Å². The van der Waals surface area contributed by atoms with Gasteiger partial charge in [0, 0.05) is 11.8 Å². The number of carbonyl (C=O) groups is 1. The van der Waals surface area contributed by atoms with Gasteiger partial charge in [0.25, 0.3) is 0 Å². The quantitative estimate of drug-likeness (QED) is 0.740. The molecule has 0 aliphatic rings. The summed E-state index contributed by atoms with van der Waals surface area (Å²) in [7, 11) is 0. The molecule has 0 saturated carbocycles. The molecule has 23 heavy (non-hydrogen) atoms. The van der Waals surface area contributed by atoms with Gasteiger partial charge in [0.15, 0.2) is 5.13 Å². The van der Waals surface area contributed by atoms with Crippen LogP contribution in [0.25, 0.3) is 21.5 Å². The molecular formula is C17H17N3O2S. The lowest BCUT2D eigenvalue weighted by atomic mass is 10.1. The van der Waals surface area contributed by atoms with E-state index in [-0.39, 0.29) is 0 Å². The Morgan fingerprint density at radius 1 is 1.17 bits per heavy atom. The zero-order chi connectivity index (χ0) is 16.4. The van der Waals surface area contributed by atoms with E-state index in [0.717, 1.165) is 21.5 Å². The third kappa shape index (κ3) is 3.65. The molecule has 0 saturated heterocycles. The fourth-order valence-corrected chi connectivity index (χ4v) is 3.09. The standard InChI is InChI=1S/C17H17N3O2S/c1-17(2,3)22-16(21)20-15-19-13-9-6-7-11(14(13)23-15)12-8-4-5-10-18-12/h4-10H,1-3H3,(H,19,20,21). The van der Waals surface area contributed by atoms with Crippen LogP contribution in [0.1, 0.15) is 20.8 Å². The van der Waals surface area contributed by atoms with Gasteiger partial charge >= 0.3 is 6.09 Å². The third-order valence-corrected chi connectivity index (χ3v) is 3.98. The highest BCUT2D eigenvalue weighted by atomic mass is 32.1. The van der Waals surface area contributed by atoms with Crippen molar-refractivity contribution in [1.82, 2.24) is 9.97 Å². The number of pyridine rings is 1. The molecule has 0 unspecified atom stereocenters. The lowest BCUT2D eigenvalue weighted by Gasteiger charge is -2.18. The first kappa shape index (κ1) is 15.4. The summed E-state index contributed by atoms with van der Waals surface area (Å²) in [4.78, 5) is 20.7. The van der Waals surface area contributed by atoms with Crippen LogP contribution in [0.3, 0.4) is 0 Å². The second kappa shape index (κ2) is 5.96. The predicted octanol–water partition coefficient (Wildman–Crippen LogP) is 4.71. The lowest BCUT2D eigenvalue weighted by Crippen LogP contribution is -2.27. The first-order valence-corrected chi connectivity index (χ1v) is 8.05. The van der Waals surface area contributed by atoms with E-state index in [0.29, 0.717) is 5.13 Å². The van der Waals surface area contributed by atoms with Gasteiger partial charge in [-0.05, 0) is 39.0 Å². The van der Waals surface area contributed by atoms with Crippen LogP contribution in [0, 0.1) is 0 Å². The van der Waals surface area contributed by atoms with Gasteiger partial charge < -0.3 is 4.74 Å². The van der Waals surface area contributed by atoms with Crippen LogP contribution in [0.5, 0.6) is 0 Å². The SMILES string of the molecule is CC(C)(C)OC(=O)Nc1nc2cccc(-c3ccccn3)c2s1. The fraction of sp³-hybridized carbons (Fsp3) is 0.235. The molecule has 0 aliphatic carbocycles. The summed E-state index contributed by atoms with van der Waals surface area (Å²) in [5.41, 5.74) is 2.16. The zero-order valence-electron chi connectivity index (χ0n) is 13.2. The molecule has 0 aliphatic heterocycles. The molecule has 1 N–H and O–H groups in total. The van der Waals surface area contributed by atoms with Gasteiger partial charge in [0.1, 0.15) is 5.60 Å². The summed E-state index contributed by atoms with van der Waals surface area (Å²) in [6.45, 7) is 5.47. The number of nitrogens with one attached hydrogen (secondary N) is 1. The van der Waals surface area contributed by atoms with Crippen LogP contribution in [0.2, 0.25) is 0 Å². The summed E-state index contributed by atoms with van der Waals surface area (Å²) in [6.07, 6.45) is 1.26. The highest BCUT2D eigenvalue weighted by molar-refractivity contribution is 7.22. The van der Waals surface area contributed by atoms with Gasteiger partial charge in [-0.15, -0.1) is 0 Å². The Balaban J connectivity index is 1.92. The van der Waals surface area contributed by atoms with E-state index in [9.17, 15) is 4.79 Å². The average molecular weight is 327 g/mol. The topological polar surface area (TPSA) is 64.1 Å². The normalized spacial score (nSPS) is 11.4. The minimum atomic E-state index is -0.542. The Labute approximate surface area is 138 Å². The van der Waals surface area contributed by atoms with Crippen molar-refractivity contribution >= 4 is 32.8 Å². The lowest BCUT2D eigenvalue weighted by molar-refractivity contribution is 0.0636.